The van der Waals surface area contributed by atoms with Crippen molar-refractivity contribution in [1.29, 1.82) is 0 Å². The van der Waals surface area contributed by atoms with Crippen LogP contribution in [-0.4, -0.2) is 27.2 Å². The molecule has 1 N–H and O–H groups in total. The van der Waals surface area contributed by atoms with Crippen molar-refractivity contribution in [2.45, 2.75) is 25.1 Å². The van der Waals surface area contributed by atoms with E-state index in [2.05, 4.69) is 10.3 Å². The molecule has 15 heavy (non-hydrogen) atoms. The van der Waals surface area contributed by atoms with E-state index < -0.39 is 10.8 Å². The van der Waals surface area contributed by atoms with Crippen LogP contribution in [0.3, 0.4) is 0 Å². The summed E-state index contributed by atoms with van der Waals surface area (Å²) in [6.45, 7) is 3.78. The molecule has 84 valence electrons. The van der Waals surface area contributed by atoms with Crippen molar-refractivity contribution in [3.8, 4) is 0 Å². The lowest BCUT2D eigenvalue weighted by Gasteiger charge is -2.08. The van der Waals surface area contributed by atoms with E-state index in [-0.39, 0.29) is 5.25 Å². The molecule has 2 atom stereocenters. The standard InChI is InChI=1S/C11H18N2OS/c1-10(15(2)14)3-6-13-9-11-4-7-12-8-5-11/h4-5,7-8,10,13H,3,6,9H2,1-2H3. The fraction of sp³-hybridized carbons (Fsp3) is 0.545. The minimum Gasteiger partial charge on any atom is -0.313 e. The van der Waals surface area contributed by atoms with Crippen LogP contribution in [0.5, 0.6) is 0 Å². The number of hydrogen-bond acceptors (Lipinski definition) is 3. The molecular weight excluding hydrogens is 208 g/mol. The third-order valence-electron chi connectivity index (χ3n) is 2.37. The molecule has 4 heteroatoms. The smallest absolute Gasteiger partial charge is 0.0329 e. The maximum Gasteiger partial charge on any atom is 0.0329 e. The molecule has 1 aromatic rings. The number of pyridine rings is 1. The van der Waals surface area contributed by atoms with Crippen LogP contribution in [0.1, 0.15) is 18.9 Å². The number of nitrogens with zero attached hydrogens (tertiary/aromatic N) is 1. The Morgan fingerprint density at radius 3 is 2.73 bits per heavy atom. The molecule has 3 nitrogen and oxygen atoms in total. The largest absolute Gasteiger partial charge is 0.313 e. The van der Waals surface area contributed by atoms with E-state index in [1.54, 1.807) is 18.6 Å². The third-order valence-corrected chi connectivity index (χ3v) is 3.74. The molecule has 0 aliphatic carbocycles. The zero-order valence-corrected chi connectivity index (χ0v) is 10.1. The van der Waals surface area contributed by atoms with Crippen LogP contribution in [0.4, 0.5) is 0 Å². The van der Waals surface area contributed by atoms with Gasteiger partial charge < -0.3 is 5.32 Å². The van der Waals surface area contributed by atoms with Gasteiger partial charge in [0.1, 0.15) is 0 Å². The molecule has 1 aromatic heterocycles. The molecule has 0 saturated carbocycles. The Labute approximate surface area is 93.8 Å². The summed E-state index contributed by atoms with van der Waals surface area (Å²) >= 11 is 0. The van der Waals surface area contributed by atoms with Gasteiger partial charge in [-0.05, 0) is 30.7 Å². The molecule has 0 bridgehead atoms. The van der Waals surface area contributed by atoms with Crippen molar-refractivity contribution in [1.82, 2.24) is 10.3 Å². The number of hydrogen-bond donors (Lipinski definition) is 1. The zero-order valence-electron chi connectivity index (χ0n) is 9.27. The highest BCUT2D eigenvalue weighted by Crippen LogP contribution is 1.99. The summed E-state index contributed by atoms with van der Waals surface area (Å²) in [4.78, 5) is 3.96. The van der Waals surface area contributed by atoms with Crippen LogP contribution in [0.15, 0.2) is 24.5 Å². The first-order chi connectivity index (χ1) is 7.20. The van der Waals surface area contributed by atoms with Gasteiger partial charge in [-0.2, -0.15) is 0 Å². The van der Waals surface area contributed by atoms with Gasteiger partial charge in [-0.25, -0.2) is 0 Å². The van der Waals surface area contributed by atoms with E-state index in [1.807, 2.05) is 19.1 Å². The predicted octanol–water partition coefficient (Wildman–Crippen LogP) is 1.33. The molecule has 0 spiro atoms. The van der Waals surface area contributed by atoms with Crippen molar-refractivity contribution >= 4 is 10.8 Å². The Bertz CT molecular complexity index is 303. The van der Waals surface area contributed by atoms with E-state index in [1.165, 1.54) is 5.56 Å². The van der Waals surface area contributed by atoms with Crippen LogP contribution in [0.2, 0.25) is 0 Å². The molecule has 1 heterocycles. The van der Waals surface area contributed by atoms with Gasteiger partial charge in [0.2, 0.25) is 0 Å². The van der Waals surface area contributed by atoms with Gasteiger partial charge in [0.05, 0.1) is 0 Å². The molecule has 0 amide bonds. The molecule has 0 aliphatic heterocycles. The summed E-state index contributed by atoms with van der Waals surface area (Å²) in [5.74, 6) is 0. The first kappa shape index (κ1) is 12.3. The summed E-state index contributed by atoms with van der Waals surface area (Å²) in [6, 6.07) is 3.99. The summed E-state index contributed by atoms with van der Waals surface area (Å²) in [5.41, 5.74) is 1.23. The highest BCUT2D eigenvalue weighted by Gasteiger charge is 2.04. The summed E-state index contributed by atoms with van der Waals surface area (Å²) in [6.07, 6.45) is 6.29. The Morgan fingerprint density at radius 2 is 2.13 bits per heavy atom. The second-order valence-electron chi connectivity index (χ2n) is 3.63. The van der Waals surface area contributed by atoms with Gasteiger partial charge in [-0.3, -0.25) is 9.19 Å². The summed E-state index contributed by atoms with van der Waals surface area (Å²) in [7, 11) is -0.708. The van der Waals surface area contributed by atoms with Crippen LogP contribution < -0.4 is 5.32 Å². The second-order valence-corrected chi connectivity index (χ2v) is 5.43. The van der Waals surface area contributed by atoms with Crippen molar-refractivity contribution in [3.63, 3.8) is 0 Å². The first-order valence-corrected chi connectivity index (χ1v) is 6.74. The number of aromatic nitrogens is 1. The highest BCUT2D eigenvalue weighted by molar-refractivity contribution is 7.84. The molecule has 0 aromatic carbocycles. The van der Waals surface area contributed by atoms with Crippen LogP contribution in [-0.2, 0) is 17.3 Å². The Kier molecular flexibility index (Phi) is 5.50. The van der Waals surface area contributed by atoms with Gasteiger partial charge >= 0.3 is 0 Å². The number of nitrogens with one attached hydrogen (secondary N) is 1. The van der Waals surface area contributed by atoms with Crippen LogP contribution >= 0.6 is 0 Å². The van der Waals surface area contributed by atoms with Gasteiger partial charge in [-0.1, -0.05) is 6.92 Å². The Morgan fingerprint density at radius 1 is 1.47 bits per heavy atom. The topological polar surface area (TPSA) is 42.0 Å². The molecule has 0 saturated heterocycles. The molecule has 1 rings (SSSR count). The van der Waals surface area contributed by atoms with Crippen molar-refractivity contribution in [2.24, 2.45) is 0 Å². The van der Waals surface area contributed by atoms with Gasteiger partial charge in [-0.15, -0.1) is 0 Å². The van der Waals surface area contributed by atoms with E-state index >= 15 is 0 Å². The monoisotopic (exact) mass is 226 g/mol. The summed E-state index contributed by atoms with van der Waals surface area (Å²) < 4.78 is 11.1. The van der Waals surface area contributed by atoms with E-state index in [0.717, 1.165) is 19.5 Å². The lowest BCUT2D eigenvalue weighted by Crippen LogP contribution is -2.20. The van der Waals surface area contributed by atoms with Crippen LogP contribution in [0, 0.1) is 0 Å². The van der Waals surface area contributed by atoms with E-state index in [9.17, 15) is 4.21 Å². The first-order valence-electron chi connectivity index (χ1n) is 5.12. The van der Waals surface area contributed by atoms with Crippen molar-refractivity contribution in [3.05, 3.63) is 30.1 Å². The lowest BCUT2D eigenvalue weighted by atomic mass is 10.2. The predicted molar refractivity (Wildman–Crippen MR) is 64.1 cm³/mol. The van der Waals surface area contributed by atoms with Crippen LogP contribution in [0.25, 0.3) is 0 Å². The third kappa shape index (κ3) is 5.04. The van der Waals surface area contributed by atoms with Gasteiger partial charge in [0.25, 0.3) is 0 Å². The maximum absolute atomic E-state index is 11.1. The molecular formula is C11H18N2OS. The second kappa shape index (κ2) is 6.69. The van der Waals surface area contributed by atoms with Crippen molar-refractivity contribution in [2.75, 3.05) is 12.8 Å². The zero-order chi connectivity index (χ0) is 11.1. The minimum atomic E-state index is -0.708. The fourth-order valence-corrected chi connectivity index (χ4v) is 1.65. The van der Waals surface area contributed by atoms with Crippen molar-refractivity contribution < 1.29 is 4.21 Å². The molecule has 0 fully saturated rings. The lowest BCUT2D eigenvalue weighted by molar-refractivity contribution is 0.628. The normalized spacial score (nSPS) is 14.8. The minimum absolute atomic E-state index is 0.273. The average molecular weight is 226 g/mol. The van der Waals surface area contributed by atoms with Gasteiger partial charge in [0.15, 0.2) is 0 Å². The highest BCUT2D eigenvalue weighted by atomic mass is 32.2. The molecule has 0 aliphatic rings. The quantitative estimate of drug-likeness (QED) is 0.744. The van der Waals surface area contributed by atoms with Gasteiger partial charge in [0, 0.05) is 41.2 Å². The maximum atomic E-state index is 11.1. The fourth-order valence-electron chi connectivity index (χ4n) is 1.20. The number of rotatable bonds is 6. The molecule has 2 unspecified atom stereocenters. The Balaban J connectivity index is 2.15. The van der Waals surface area contributed by atoms with E-state index in [4.69, 9.17) is 0 Å². The molecule has 0 radical (unpaired) electrons. The SMILES string of the molecule is CC(CCNCc1ccncc1)S(C)=O. The Hall–Kier alpha value is -0.740. The summed E-state index contributed by atoms with van der Waals surface area (Å²) in [5, 5.41) is 3.60. The average Bonchev–Trinajstić information content (AvgIpc) is 2.25. The van der Waals surface area contributed by atoms with E-state index in [0.29, 0.717) is 0 Å².